The maximum absolute atomic E-state index is 12.9. The molecule has 0 saturated carbocycles. The van der Waals surface area contributed by atoms with Gasteiger partial charge in [-0.2, -0.15) is 0 Å². The Bertz CT molecular complexity index is 1470. The van der Waals surface area contributed by atoms with Crippen molar-refractivity contribution in [3.05, 3.63) is 85.1 Å². The van der Waals surface area contributed by atoms with E-state index >= 15 is 0 Å². The van der Waals surface area contributed by atoms with Crippen LogP contribution in [0.4, 0.5) is 0 Å². The van der Waals surface area contributed by atoms with E-state index < -0.39 is 6.10 Å². The van der Waals surface area contributed by atoms with Gasteiger partial charge in [0.1, 0.15) is 13.2 Å². The van der Waals surface area contributed by atoms with Crippen molar-refractivity contribution in [1.82, 2.24) is 0 Å². The molecule has 6 heteroatoms. The predicted octanol–water partition coefficient (Wildman–Crippen LogP) is 22.7. The molecule has 0 heterocycles. The summed E-state index contributed by atoms with van der Waals surface area (Å²) in [7, 11) is 0. The van der Waals surface area contributed by atoms with Crippen molar-refractivity contribution in [2.45, 2.75) is 335 Å². The first-order valence-corrected chi connectivity index (χ1v) is 33.1. The number of ether oxygens (including phenoxy) is 3. The third kappa shape index (κ3) is 63.3. The molecule has 77 heavy (non-hydrogen) atoms. The molecule has 0 aromatic heterocycles. The minimum Gasteiger partial charge on any atom is -0.462 e. The molecular formula is C71H124O6. The van der Waals surface area contributed by atoms with E-state index in [4.69, 9.17) is 14.2 Å². The van der Waals surface area contributed by atoms with Gasteiger partial charge >= 0.3 is 17.9 Å². The molecule has 1 unspecified atom stereocenters. The minimum absolute atomic E-state index is 0.0856. The van der Waals surface area contributed by atoms with E-state index in [-0.39, 0.29) is 31.1 Å². The molecule has 0 amide bonds. The SMILES string of the molecule is CCCCCC/C=C\C/C=C\CCCCCCCCCC(=O)OC(COC(=O)CCCCCCC/C=C\C/C=C\CCCCCC)COC(=O)CCCCCCCCCCCC/C=C\C/C=C\C/C=C\CCCCCCC. The summed E-state index contributed by atoms with van der Waals surface area (Å²) in [6, 6.07) is 0. The summed E-state index contributed by atoms with van der Waals surface area (Å²) in [5, 5.41) is 0. The molecule has 1 atom stereocenters. The van der Waals surface area contributed by atoms with Crippen LogP contribution in [0.1, 0.15) is 329 Å². The average molecular weight is 1070 g/mol. The van der Waals surface area contributed by atoms with Crippen molar-refractivity contribution >= 4 is 17.9 Å². The fourth-order valence-electron chi connectivity index (χ4n) is 9.33. The number of hydrogen-bond acceptors (Lipinski definition) is 6. The summed E-state index contributed by atoms with van der Waals surface area (Å²) in [6.07, 6.45) is 85.8. The third-order valence-electron chi connectivity index (χ3n) is 14.3. The van der Waals surface area contributed by atoms with Gasteiger partial charge in [0.2, 0.25) is 0 Å². The molecule has 444 valence electrons. The largest absolute Gasteiger partial charge is 0.462 e. The lowest BCUT2D eigenvalue weighted by molar-refractivity contribution is -0.167. The van der Waals surface area contributed by atoms with Crippen LogP contribution in [0.15, 0.2) is 85.1 Å². The fourth-order valence-corrected chi connectivity index (χ4v) is 9.33. The lowest BCUT2D eigenvalue weighted by Gasteiger charge is -2.18. The number of rotatable bonds is 60. The molecule has 0 N–H and O–H groups in total. The van der Waals surface area contributed by atoms with Crippen LogP contribution in [-0.2, 0) is 28.6 Å². The second kappa shape index (κ2) is 65.1. The van der Waals surface area contributed by atoms with Gasteiger partial charge in [0.25, 0.3) is 0 Å². The van der Waals surface area contributed by atoms with Crippen molar-refractivity contribution in [2.24, 2.45) is 0 Å². The molecule has 0 spiro atoms. The zero-order chi connectivity index (χ0) is 55.7. The first-order valence-electron chi connectivity index (χ1n) is 33.1. The highest BCUT2D eigenvalue weighted by Gasteiger charge is 2.19. The molecular weight excluding hydrogens is 949 g/mol. The van der Waals surface area contributed by atoms with Crippen LogP contribution in [0, 0.1) is 0 Å². The van der Waals surface area contributed by atoms with Crippen LogP contribution < -0.4 is 0 Å². The topological polar surface area (TPSA) is 78.9 Å². The molecule has 0 aliphatic heterocycles. The summed E-state index contributed by atoms with van der Waals surface area (Å²) in [4.78, 5) is 38.4. The Kier molecular flexibility index (Phi) is 62.2. The van der Waals surface area contributed by atoms with Crippen LogP contribution in [0.5, 0.6) is 0 Å². The van der Waals surface area contributed by atoms with Crippen LogP contribution >= 0.6 is 0 Å². The van der Waals surface area contributed by atoms with E-state index in [9.17, 15) is 14.4 Å². The molecule has 6 nitrogen and oxygen atoms in total. The van der Waals surface area contributed by atoms with E-state index in [0.29, 0.717) is 19.3 Å². The highest BCUT2D eigenvalue weighted by molar-refractivity contribution is 5.71. The van der Waals surface area contributed by atoms with Gasteiger partial charge in [-0.25, -0.2) is 0 Å². The second-order valence-corrected chi connectivity index (χ2v) is 22.0. The van der Waals surface area contributed by atoms with Crippen molar-refractivity contribution in [3.63, 3.8) is 0 Å². The van der Waals surface area contributed by atoms with Gasteiger partial charge in [-0.15, -0.1) is 0 Å². The maximum Gasteiger partial charge on any atom is 0.306 e. The zero-order valence-corrected chi connectivity index (χ0v) is 51.0. The number of hydrogen-bond donors (Lipinski definition) is 0. The van der Waals surface area contributed by atoms with E-state index in [1.54, 1.807) is 0 Å². The third-order valence-corrected chi connectivity index (χ3v) is 14.3. The highest BCUT2D eigenvalue weighted by Crippen LogP contribution is 2.16. The van der Waals surface area contributed by atoms with E-state index in [1.807, 2.05) is 0 Å². The van der Waals surface area contributed by atoms with Gasteiger partial charge in [0.05, 0.1) is 0 Å². The number of esters is 3. The zero-order valence-electron chi connectivity index (χ0n) is 51.0. The van der Waals surface area contributed by atoms with Gasteiger partial charge < -0.3 is 14.2 Å². The Morgan fingerprint density at radius 1 is 0.260 bits per heavy atom. The molecule has 0 aromatic rings. The molecule has 0 fully saturated rings. The maximum atomic E-state index is 12.9. The first-order chi connectivity index (χ1) is 38.0. The number of carbonyl (C=O) groups excluding carboxylic acids is 3. The van der Waals surface area contributed by atoms with E-state index in [1.165, 1.54) is 186 Å². The first kappa shape index (κ1) is 73.6. The Balaban J connectivity index is 4.37. The smallest absolute Gasteiger partial charge is 0.306 e. The molecule has 0 radical (unpaired) electrons. The van der Waals surface area contributed by atoms with E-state index in [0.717, 1.165) is 103 Å². The van der Waals surface area contributed by atoms with Crippen molar-refractivity contribution < 1.29 is 28.6 Å². The highest BCUT2D eigenvalue weighted by atomic mass is 16.6. The number of allylic oxidation sites excluding steroid dienone is 14. The average Bonchev–Trinajstić information content (AvgIpc) is 3.43. The Labute approximate surface area is 477 Å². The van der Waals surface area contributed by atoms with Gasteiger partial charge in [-0.05, 0) is 122 Å². The molecule has 0 aliphatic carbocycles. The van der Waals surface area contributed by atoms with Gasteiger partial charge in [0.15, 0.2) is 6.10 Å². The van der Waals surface area contributed by atoms with Crippen LogP contribution in [0.2, 0.25) is 0 Å². The molecule has 0 aliphatic rings. The van der Waals surface area contributed by atoms with Crippen molar-refractivity contribution in [2.75, 3.05) is 13.2 Å². The van der Waals surface area contributed by atoms with Crippen molar-refractivity contribution in [3.8, 4) is 0 Å². The van der Waals surface area contributed by atoms with Crippen LogP contribution in [0.3, 0.4) is 0 Å². The summed E-state index contributed by atoms with van der Waals surface area (Å²) < 4.78 is 16.9. The Morgan fingerprint density at radius 2 is 0.468 bits per heavy atom. The van der Waals surface area contributed by atoms with E-state index in [2.05, 4.69) is 106 Å². The Morgan fingerprint density at radius 3 is 0.740 bits per heavy atom. The molecule has 0 saturated heterocycles. The van der Waals surface area contributed by atoms with Crippen molar-refractivity contribution in [1.29, 1.82) is 0 Å². The summed E-state index contributed by atoms with van der Waals surface area (Å²) >= 11 is 0. The monoisotopic (exact) mass is 1070 g/mol. The molecule has 0 rings (SSSR count). The second-order valence-electron chi connectivity index (χ2n) is 22.0. The lowest BCUT2D eigenvalue weighted by Crippen LogP contribution is -2.30. The van der Waals surface area contributed by atoms with Gasteiger partial charge in [0, 0.05) is 19.3 Å². The van der Waals surface area contributed by atoms with Crippen LogP contribution in [-0.4, -0.2) is 37.2 Å². The predicted molar refractivity (Wildman–Crippen MR) is 334 cm³/mol. The summed E-state index contributed by atoms with van der Waals surface area (Å²) in [5.74, 6) is -0.898. The molecule has 0 bridgehead atoms. The number of carbonyl (C=O) groups is 3. The normalized spacial score (nSPS) is 12.6. The summed E-state index contributed by atoms with van der Waals surface area (Å²) in [6.45, 7) is 6.61. The van der Waals surface area contributed by atoms with Gasteiger partial charge in [-0.3, -0.25) is 14.4 Å². The Hall–Kier alpha value is -3.41. The standard InChI is InChI=1S/C71H124O6/c1-4-7-10-13-16-19-22-25-28-31-33-34-35-36-37-38-39-41-43-46-49-52-55-58-61-64-70(73)76-67-68(66-75-69(72)63-60-57-54-51-48-45-42-30-27-24-21-18-15-12-9-6-3)77-71(74)65-62-59-56-53-50-47-44-40-32-29-26-23-20-17-14-11-8-5-2/h20-25,29-33,35-36,42,68H,4-19,26-28,34,37-41,43-67H2,1-3H3/b23-20-,24-21-,25-22-,32-29-,33-31-,36-35-,42-30-. The fraction of sp³-hybridized carbons (Fsp3) is 0.761. The molecule has 0 aromatic carbocycles. The summed E-state index contributed by atoms with van der Waals surface area (Å²) in [5.41, 5.74) is 0. The minimum atomic E-state index is -0.790. The lowest BCUT2D eigenvalue weighted by atomic mass is 10.1. The van der Waals surface area contributed by atoms with Crippen LogP contribution in [0.25, 0.3) is 0 Å². The number of unbranched alkanes of at least 4 members (excludes halogenated alkanes) is 35. The quantitative estimate of drug-likeness (QED) is 0.0261. The van der Waals surface area contributed by atoms with Gasteiger partial charge in [-0.1, -0.05) is 273 Å².